The van der Waals surface area contributed by atoms with Gasteiger partial charge in [0.05, 0.1) is 12.2 Å². The molecule has 0 bridgehead atoms. The molecule has 0 saturated heterocycles. The lowest BCUT2D eigenvalue weighted by molar-refractivity contribution is -0.139. The van der Waals surface area contributed by atoms with Crippen LogP contribution in [0.3, 0.4) is 0 Å². The first-order valence-electron chi connectivity index (χ1n) is 13.5. The zero-order valence-corrected chi connectivity index (χ0v) is 24.6. The summed E-state index contributed by atoms with van der Waals surface area (Å²) < 4.78 is 27.4. The number of rotatable bonds is 9. The van der Waals surface area contributed by atoms with Crippen LogP contribution in [0.25, 0.3) is 0 Å². The number of hydrogen-bond acceptors (Lipinski definition) is 7. The number of allylic oxidation sites excluding steroid dienone is 1. The lowest BCUT2D eigenvalue weighted by Crippen LogP contribution is -2.29. The van der Waals surface area contributed by atoms with Crippen molar-refractivity contribution < 1.29 is 18.7 Å². The van der Waals surface area contributed by atoms with E-state index in [1.165, 1.54) is 34.5 Å². The van der Waals surface area contributed by atoms with Gasteiger partial charge in [-0.05, 0) is 86.2 Å². The van der Waals surface area contributed by atoms with Crippen LogP contribution in [0.2, 0.25) is 0 Å². The molecule has 1 aromatic heterocycles. The molecule has 1 aliphatic rings. The Bertz CT molecular complexity index is 1610. The zero-order chi connectivity index (χ0) is 29.1. The van der Waals surface area contributed by atoms with Gasteiger partial charge in [-0.25, -0.2) is 13.9 Å². The van der Waals surface area contributed by atoms with E-state index in [2.05, 4.69) is 43.2 Å². The van der Waals surface area contributed by atoms with Crippen molar-refractivity contribution in [2.75, 3.05) is 11.9 Å². The standard InChI is InChI=1S/C32H33FN4O3S/c1-6-39-30(38)28-22(5)34-31-35-32(41-18-24-9-7-8-10-27(24)33)36-37(31)29(28)23-11-13-26(14-12-23)40-17-25-16-20(3)19(2)15-21(25)4/h7-16,29H,6,17-18H2,1-5H3,(H,34,35,36). The average Bonchev–Trinajstić information content (AvgIpc) is 3.36. The Labute approximate surface area is 243 Å². The molecule has 0 amide bonds. The first-order valence-corrected chi connectivity index (χ1v) is 14.5. The first kappa shape index (κ1) is 28.4. The summed E-state index contributed by atoms with van der Waals surface area (Å²) in [5.41, 5.74) is 7.34. The lowest BCUT2D eigenvalue weighted by Gasteiger charge is -2.28. The predicted molar refractivity (Wildman–Crippen MR) is 159 cm³/mol. The summed E-state index contributed by atoms with van der Waals surface area (Å²) in [5.74, 6) is 0.914. The zero-order valence-electron chi connectivity index (χ0n) is 23.8. The third-order valence-electron chi connectivity index (χ3n) is 7.19. The number of hydrogen-bond donors (Lipinski definition) is 1. The fraction of sp³-hybridized carbons (Fsp3) is 0.281. The van der Waals surface area contributed by atoms with Gasteiger partial charge in [0.1, 0.15) is 24.2 Å². The molecule has 2 heterocycles. The van der Waals surface area contributed by atoms with Crippen LogP contribution in [-0.2, 0) is 21.9 Å². The number of nitrogens with zero attached hydrogens (tertiary/aromatic N) is 3. The molecular formula is C32H33FN4O3S. The molecule has 7 nitrogen and oxygen atoms in total. The van der Waals surface area contributed by atoms with Crippen molar-refractivity contribution in [2.24, 2.45) is 0 Å². The number of aryl methyl sites for hydroxylation is 3. The van der Waals surface area contributed by atoms with Gasteiger partial charge in [-0.15, -0.1) is 5.10 Å². The average molecular weight is 573 g/mol. The molecule has 4 aromatic rings. The Morgan fingerprint density at radius 1 is 1.00 bits per heavy atom. The van der Waals surface area contributed by atoms with E-state index in [0.717, 1.165) is 16.9 Å². The molecule has 3 aromatic carbocycles. The molecule has 5 rings (SSSR count). The number of fused-ring (bicyclic) bond motifs is 1. The van der Waals surface area contributed by atoms with Crippen LogP contribution in [0.1, 0.15) is 53.3 Å². The van der Waals surface area contributed by atoms with Gasteiger partial charge in [0.25, 0.3) is 0 Å². The minimum Gasteiger partial charge on any atom is -0.489 e. The SMILES string of the molecule is CCOC(=O)C1=C(C)Nc2nc(SCc3ccccc3F)nn2C1c1ccc(OCc2cc(C)c(C)cc2C)cc1. The fourth-order valence-electron chi connectivity index (χ4n) is 4.81. The highest BCUT2D eigenvalue weighted by Gasteiger charge is 2.35. The summed E-state index contributed by atoms with van der Waals surface area (Å²) in [6, 6.07) is 18.1. The highest BCUT2D eigenvalue weighted by molar-refractivity contribution is 7.98. The minimum absolute atomic E-state index is 0.251. The molecule has 1 aliphatic heterocycles. The summed E-state index contributed by atoms with van der Waals surface area (Å²) >= 11 is 1.33. The second-order valence-corrected chi connectivity index (χ2v) is 11.0. The quantitative estimate of drug-likeness (QED) is 0.170. The topological polar surface area (TPSA) is 78.3 Å². The van der Waals surface area contributed by atoms with Crippen LogP contribution >= 0.6 is 11.8 Å². The molecule has 212 valence electrons. The van der Waals surface area contributed by atoms with E-state index in [1.54, 1.807) is 29.8 Å². The van der Waals surface area contributed by atoms with Crippen LogP contribution in [0.4, 0.5) is 10.3 Å². The second kappa shape index (κ2) is 12.2. The minimum atomic E-state index is -0.559. The highest BCUT2D eigenvalue weighted by atomic mass is 32.2. The first-order chi connectivity index (χ1) is 19.7. The van der Waals surface area contributed by atoms with Crippen molar-refractivity contribution in [2.45, 2.75) is 58.2 Å². The summed E-state index contributed by atoms with van der Waals surface area (Å²) in [6.45, 7) is 10.6. The van der Waals surface area contributed by atoms with Crippen molar-refractivity contribution in [3.63, 3.8) is 0 Å². The number of benzene rings is 3. The molecule has 0 fully saturated rings. The fourth-order valence-corrected chi connectivity index (χ4v) is 5.63. The van der Waals surface area contributed by atoms with Crippen LogP contribution in [0.15, 0.2) is 77.1 Å². The maximum Gasteiger partial charge on any atom is 0.338 e. The number of halogens is 1. The predicted octanol–water partition coefficient (Wildman–Crippen LogP) is 7.07. The molecule has 1 atom stereocenters. The third-order valence-corrected chi connectivity index (χ3v) is 8.07. The van der Waals surface area contributed by atoms with E-state index in [4.69, 9.17) is 14.6 Å². The summed E-state index contributed by atoms with van der Waals surface area (Å²) in [6.07, 6.45) is 0. The number of nitrogens with one attached hydrogen (secondary N) is 1. The van der Waals surface area contributed by atoms with Gasteiger partial charge < -0.3 is 14.8 Å². The van der Waals surface area contributed by atoms with Crippen LogP contribution in [0, 0.1) is 26.6 Å². The van der Waals surface area contributed by atoms with Crippen molar-refractivity contribution in [3.05, 3.63) is 111 Å². The van der Waals surface area contributed by atoms with E-state index in [0.29, 0.717) is 40.3 Å². The Balaban J connectivity index is 1.41. The molecule has 1 unspecified atom stereocenters. The van der Waals surface area contributed by atoms with Crippen molar-refractivity contribution in [1.82, 2.24) is 14.8 Å². The smallest absolute Gasteiger partial charge is 0.338 e. The van der Waals surface area contributed by atoms with Gasteiger partial charge >= 0.3 is 5.97 Å². The van der Waals surface area contributed by atoms with Gasteiger partial charge in [-0.1, -0.05) is 54.2 Å². The van der Waals surface area contributed by atoms with Gasteiger partial charge in [0, 0.05) is 11.4 Å². The number of carbonyl (C=O) groups is 1. The van der Waals surface area contributed by atoms with Crippen molar-refractivity contribution in [3.8, 4) is 5.75 Å². The van der Waals surface area contributed by atoms with E-state index >= 15 is 0 Å². The van der Waals surface area contributed by atoms with E-state index in [1.807, 2.05) is 31.2 Å². The molecule has 0 aliphatic carbocycles. The maximum absolute atomic E-state index is 14.2. The van der Waals surface area contributed by atoms with Crippen LogP contribution < -0.4 is 10.1 Å². The maximum atomic E-state index is 14.2. The highest BCUT2D eigenvalue weighted by Crippen LogP contribution is 2.37. The lowest BCUT2D eigenvalue weighted by atomic mass is 9.96. The Kier molecular flexibility index (Phi) is 8.44. The van der Waals surface area contributed by atoms with Gasteiger partial charge in [-0.2, -0.15) is 4.98 Å². The number of ether oxygens (including phenoxy) is 2. The Morgan fingerprint density at radius 3 is 2.46 bits per heavy atom. The number of esters is 1. The molecule has 41 heavy (non-hydrogen) atoms. The van der Waals surface area contributed by atoms with E-state index < -0.39 is 12.0 Å². The van der Waals surface area contributed by atoms with Crippen molar-refractivity contribution in [1.29, 1.82) is 0 Å². The molecule has 0 saturated carbocycles. The third kappa shape index (κ3) is 6.15. The number of aromatic nitrogens is 3. The molecule has 9 heteroatoms. The Morgan fingerprint density at radius 2 is 1.73 bits per heavy atom. The Hall–Kier alpha value is -4.11. The van der Waals surface area contributed by atoms with Gasteiger partial charge in [0.15, 0.2) is 0 Å². The largest absolute Gasteiger partial charge is 0.489 e. The van der Waals surface area contributed by atoms with Crippen LogP contribution in [0.5, 0.6) is 5.75 Å². The van der Waals surface area contributed by atoms with E-state index in [-0.39, 0.29) is 12.4 Å². The number of carbonyl (C=O) groups excluding carboxylic acids is 1. The normalized spacial score (nSPS) is 14.4. The molecule has 1 N–H and O–H groups in total. The molecule has 0 radical (unpaired) electrons. The number of thioether (sulfide) groups is 1. The molecule has 0 spiro atoms. The van der Waals surface area contributed by atoms with Gasteiger partial charge in [-0.3, -0.25) is 0 Å². The molecular weight excluding hydrogens is 539 g/mol. The van der Waals surface area contributed by atoms with Crippen LogP contribution in [-0.4, -0.2) is 27.3 Å². The van der Waals surface area contributed by atoms with Gasteiger partial charge in [0.2, 0.25) is 11.1 Å². The van der Waals surface area contributed by atoms with E-state index in [9.17, 15) is 9.18 Å². The summed E-state index contributed by atoms with van der Waals surface area (Å²) in [5, 5.41) is 8.39. The number of anilines is 1. The van der Waals surface area contributed by atoms with Crippen molar-refractivity contribution >= 4 is 23.7 Å². The monoisotopic (exact) mass is 572 g/mol. The second-order valence-electron chi connectivity index (χ2n) is 10.0. The summed E-state index contributed by atoms with van der Waals surface area (Å²) in [7, 11) is 0. The summed E-state index contributed by atoms with van der Waals surface area (Å²) in [4.78, 5) is 17.7.